The summed E-state index contributed by atoms with van der Waals surface area (Å²) in [6.07, 6.45) is 8.76. The standard InChI is InChI=1S/C8H18S.C4H6/c1-3-5-7-9-8-6-4-2;1-3-4-2/h3-8H2,1-2H3;3-4H,1-2H2. The van der Waals surface area contributed by atoms with Gasteiger partial charge in [0.2, 0.25) is 0 Å². The van der Waals surface area contributed by atoms with Crippen LogP contribution in [0.4, 0.5) is 0 Å². The van der Waals surface area contributed by atoms with Crippen LogP contribution in [0.5, 0.6) is 0 Å². The van der Waals surface area contributed by atoms with Crippen LogP contribution in [0.3, 0.4) is 0 Å². The van der Waals surface area contributed by atoms with E-state index in [2.05, 4.69) is 38.8 Å². The van der Waals surface area contributed by atoms with Gasteiger partial charge in [0.25, 0.3) is 0 Å². The van der Waals surface area contributed by atoms with Gasteiger partial charge < -0.3 is 0 Å². The van der Waals surface area contributed by atoms with Crippen LogP contribution in [-0.4, -0.2) is 11.5 Å². The predicted molar refractivity (Wildman–Crippen MR) is 67.5 cm³/mol. The molecule has 0 aromatic rings. The number of unbranched alkanes of at least 4 members (excludes halogenated alkanes) is 2. The summed E-state index contributed by atoms with van der Waals surface area (Å²) in [5.41, 5.74) is 0. The number of hydrogen-bond acceptors (Lipinski definition) is 1. The van der Waals surface area contributed by atoms with Gasteiger partial charge in [0, 0.05) is 0 Å². The molecule has 78 valence electrons. The molecule has 0 aliphatic heterocycles. The molecule has 0 aliphatic rings. The fourth-order valence-electron chi connectivity index (χ4n) is 0.595. The smallest absolute Gasteiger partial charge is 0.00676 e. The molecule has 0 radical (unpaired) electrons. The summed E-state index contributed by atoms with van der Waals surface area (Å²) >= 11 is 2.10. The highest BCUT2D eigenvalue weighted by atomic mass is 32.2. The van der Waals surface area contributed by atoms with Gasteiger partial charge >= 0.3 is 0 Å². The summed E-state index contributed by atoms with van der Waals surface area (Å²) in [5, 5.41) is 0. The fourth-order valence-corrected chi connectivity index (χ4v) is 1.78. The van der Waals surface area contributed by atoms with Crippen molar-refractivity contribution in [3.8, 4) is 0 Å². The van der Waals surface area contributed by atoms with Crippen LogP contribution >= 0.6 is 11.8 Å². The summed E-state index contributed by atoms with van der Waals surface area (Å²) < 4.78 is 0. The zero-order chi connectivity index (χ0) is 10.4. The van der Waals surface area contributed by atoms with Crippen LogP contribution < -0.4 is 0 Å². The van der Waals surface area contributed by atoms with Crippen molar-refractivity contribution in [2.45, 2.75) is 39.5 Å². The maximum atomic E-state index is 3.36. The third kappa shape index (κ3) is 24.5. The van der Waals surface area contributed by atoms with Crippen LogP contribution in [-0.2, 0) is 0 Å². The lowest BCUT2D eigenvalue weighted by Gasteiger charge is -1.96. The molecule has 0 atom stereocenters. The van der Waals surface area contributed by atoms with Gasteiger partial charge in [0.15, 0.2) is 0 Å². The van der Waals surface area contributed by atoms with E-state index in [0.717, 1.165) is 0 Å². The molecule has 0 N–H and O–H groups in total. The van der Waals surface area contributed by atoms with Gasteiger partial charge in [-0.3, -0.25) is 0 Å². The molecule has 0 aromatic heterocycles. The summed E-state index contributed by atoms with van der Waals surface area (Å²) in [6.45, 7) is 11.2. The highest BCUT2D eigenvalue weighted by molar-refractivity contribution is 7.99. The fraction of sp³-hybridized carbons (Fsp3) is 0.667. The number of allylic oxidation sites excluding steroid dienone is 2. The van der Waals surface area contributed by atoms with Gasteiger partial charge in [-0.2, -0.15) is 11.8 Å². The molecular weight excluding hydrogens is 176 g/mol. The lowest BCUT2D eigenvalue weighted by Crippen LogP contribution is -1.81. The molecule has 0 amide bonds. The predicted octanol–water partition coefficient (Wildman–Crippen LogP) is 4.68. The van der Waals surface area contributed by atoms with Crippen LogP contribution in [0.15, 0.2) is 25.3 Å². The highest BCUT2D eigenvalue weighted by Gasteiger charge is 1.85. The van der Waals surface area contributed by atoms with Gasteiger partial charge in [-0.05, 0) is 24.3 Å². The van der Waals surface area contributed by atoms with Gasteiger partial charge in [-0.1, -0.05) is 52.0 Å². The Balaban J connectivity index is 0. The molecule has 0 nitrogen and oxygen atoms in total. The minimum atomic E-state index is 1.35. The highest BCUT2D eigenvalue weighted by Crippen LogP contribution is 2.06. The number of hydrogen-bond donors (Lipinski definition) is 0. The van der Waals surface area contributed by atoms with Crippen LogP contribution in [0, 0.1) is 0 Å². The van der Waals surface area contributed by atoms with Gasteiger partial charge in [-0.15, -0.1) is 0 Å². The van der Waals surface area contributed by atoms with Gasteiger partial charge in [0.1, 0.15) is 0 Å². The molecule has 0 fully saturated rings. The first-order valence-electron chi connectivity index (χ1n) is 5.14. The van der Waals surface area contributed by atoms with Crippen molar-refractivity contribution in [3.63, 3.8) is 0 Å². The molecule has 1 heteroatoms. The largest absolute Gasteiger partial charge is 0.162 e. The molecule has 0 saturated carbocycles. The van der Waals surface area contributed by atoms with Crippen molar-refractivity contribution in [3.05, 3.63) is 25.3 Å². The Hall–Kier alpha value is -0.170. The maximum absolute atomic E-state index is 3.36. The third-order valence-corrected chi connectivity index (χ3v) is 2.61. The van der Waals surface area contributed by atoms with Crippen molar-refractivity contribution in [2.24, 2.45) is 0 Å². The summed E-state index contributed by atoms with van der Waals surface area (Å²) in [5.74, 6) is 2.74. The maximum Gasteiger partial charge on any atom is -0.00676 e. The topological polar surface area (TPSA) is 0 Å². The molecule has 0 aromatic carbocycles. The van der Waals surface area contributed by atoms with Crippen LogP contribution in [0.25, 0.3) is 0 Å². The SMILES string of the molecule is C=CC=C.CCCCSCCCC. The van der Waals surface area contributed by atoms with Crippen molar-refractivity contribution < 1.29 is 0 Å². The second-order valence-corrected chi connectivity index (χ2v) is 4.02. The molecule has 0 heterocycles. The van der Waals surface area contributed by atoms with E-state index in [1.807, 2.05) is 0 Å². The minimum Gasteiger partial charge on any atom is -0.162 e. The molecule has 13 heavy (non-hydrogen) atoms. The summed E-state index contributed by atoms with van der Waals surface area (Å²) in [6, 6.07) is 0. The Kier molecular flexibility index (Phi) is 21.0. The first-order chi connectivity index (χ1) is 6.33. The average Bonchev–Trinajstić information content (AvgIpc) is 2.18. The molecule has 0 unspecified atom stereocenters. The van der Waals surface area contributed by atoms with Gasteiger partial charge in [-0.25, -0.2) is 0 Å². The van der Waals surface area contributed by atoms with Gasteiger partial charge in [0.05, 0.1) is 0 Å². The summed E-state index contributed by atoms with van der Waals surface area (Å²) in [4.78, 5) is 0. The Morgan fingerprint density at radius 1 is 0.923 bits per heavy atom. The van der Waals surface area contributed by atoms with E-state index in [0.29, 0.717) is 0 Å². The lowest BCUT2D eigenvalue weighted by molar-refractivity contribution is 0.879. The lowest BCUT2D eigenvalue weighted by atomic mass is 10.4. The Morgan fingerprint density at radius 2 is 1.31 bits per heavy atom. The van der Waals surface area contributed by atoms with E-state index in [1.165, 1.54) is 37.2 Å². The van der Waals surface area contributed by atoms with Crippen LogP contribution in [0.1, 0.15) is 39.5 Å². The Labute approximate surface area is 88.5 Å². The first-order valence-corrected chi connectivity index (χ1v) is 6.30. The normalized spacial score (nSPS) is 8.46. The van der Waals surface area contributed by atoms with E-state index in [1.54, 1.807) is 12.2 Å². The second-order valence-electron chi connectivity index (χ2n) is 2.79. The Bertz CT molecular complexity index is 85.3. The van der Waals surface area contributed by atoms with E-state index < -0.39 is 0 Å². The number of rotatable bonds is 7. The summed E-state index contributed by atoms with van der Waals surface area (Å²) in [7, 11) is 0. The first kappa shape index (κ1) is 15.3. The minimum absolute atomic E-state index is 1.35. The molecule has 0 bridgehead atoms. The zero-order valence-electron chi connectivity index (χ0n) is 9.22. The van der Waals surface area contributed by atoms with Crippen molar-refractivity contribution in [1.82, 2.24) is 0 Å². The molecule has 0 aliphatic carbocycles. The number of thioether (sulfide) groups is 1. The molecule has 0 saturated heterocycles. The molecule has 0 spiro atoms. The van der Waals surface area contributed by atoms with Crippen LogP contribution in [0.2, 0.25) is 0 Å². The monoisotopic (exact) mass is 200 g/mol. The van der Waals surface area contributed by atoms with E-state index in [-0.39, 0.29) is 0 Å². The zero-order valence-corrected chi connectivity index (χ0v) is 10.0. The average molecular weight is 200 g/mol. The van der Waals surface area contributed by atoms with Crippen molar-refractivity contribution in [2.75, 3.05) is 11.5 Å². The van der Waals surface area contributed by atoms with E-state index >= 15 is 0 Å². The van der Waals surface area contributed by atoms with Crippen molar-refractivity contribution >= 4 is 11.8 Å². The van der Waals surface area contributed by atoms with E-state index in [9.17, 15) is 0 Å². The molecular formula is C12H24S. The second kappa shape index (κ2) is 17.8. The third-order valence-electron chi connectivity index (χ3n) is 1.45. The van der Waals surface area contributed by atoms with E-state index in [4.69, 9.17) is 0 Å². The quantitative estimate of drug-likeness (QED) is 0.425. The molecule has 0 rings (SSSR count). The Morgan fingerprint density at radius 3 is 1.54 bits per heavy atom. The van der Waals surface area contributed by atoms with Crippen molar-refractivity contribution in [1.29, 1.82) is 0 Å².